The molecule has 2 aromatic heterocycles. The quantitative estimate of drug-likeness (QED) is 0.460. The average Bonchev–Trinajstić information content (AvgIpc) is 3.14. The Morgan fingerprint density at radius 1 is 1.17 bits per heavy atom. The molecular weight excluding hydrogens is 402 g/mol. The molecule has 30 heavy (non-hydrogen) atoms. The zero-order valence-electron chi connectivity index (χ0n) is 16.5. The molecule has 1 amide bonds. The van der Waals surface area contributed by atoms with Crippen LogP contribution in [0.5, 0.6) is 11.5 Å². The van der Waals surface area contributed by atoms with E-state index >= 15 is 0 Å². The highest BCUT2D eigenvalue weighted by molar-refractivity contribution is 7.99. The van der Waals surface area contributed by atoms with Crippen LogP contribution < -0.4 is 14.8 Å². The van der Waals surface area contributed by atoms with E-state index in [1.165, 1.54) is 11.8 Å². The fourth-order valence-electron chi connectivity index (χ4n) is 2.97. The summed E-state index contributed by atoms with van der Waals surface area (Å²) in [7, 11) is 0. The number of rotatable bonds is 7. The molecule has 1 N–H and O–H groups in total. The van der Waals surface area contributed by atoms with Crippen LogP contribution in [0.3, 0.4) is 0 Å². The van der Waals surface area contributed by atoms with Crippen LogP contribution in [-0.4, -0.2) is 44.6 Å². The Hall–Kier alpha value is -3.33. The first-order chi connectivity index (χ1) is 14.6. The summed E-state index contributed by atoms with van der Waals surface area (Å²) in [6.45, 7) is 7.53. The molecule has 0 spiro atoms. The minimum Gasteiger partial charge on any atom is -0.486 e. The van der Waals surface area contributed by atoms with Crippen molar-refractivity contribution in [2.24, 2.45) is 0 Å². The van der Waals surface area contributed by atoms with Crippen LogP contribution in [0.1, 0.15) is 6.92 Å². The third kappa shape index (κ3) is 4.62. The van der Waals surface area contributed by atoms with Crippen molar-refractivity contribution in [3.8, 4) is 22.9 Å². The van der Waals surface area contributed by atoms with E-state index in [-0.39, 0.29) is 11.7 Å². The van der Waals surface area contributed by atoms with E-state index in [2.05, 4.69) is 27.1 Å². The predicted molar refractivity (Wildman–Crippen MR) is 115 cm³/mol. The third-order valence-corrected chi connectivity index (χ3v) is 5.21. The first kappa shape index (κ1) is 20.0. The molecule has 154 valence electrons. The Labute approximate surface area is 178 Å². The molecule has 0 aliphatic carbocycles. The predicted octanol–water partition coefficient (Wildman–Crippen LogP) is 3.42. The molecule has 0 radical (unpaired) electrons. The van der Waals surface area contributed by atoms with E-state index in [4.69, 9.17) is 9.47 Å². The van der Waals surface area contributed by atoms with Gasteiger partial charge in [0.2, 0.25) is 5.91 Å². The number of anilines is 1. The molecule has 1 aliphatic rings. The standard InChI is InChI=1S/C21H21N5O3S/c1-14(2)12-26-20(15-5-7-22-8-6-15)24-25-21(26)30-13-19(27)23-16-3-4-17-18(11-16)29-10-9-28-17/h3-8,11H,1,9-10,12-13H2,2H3,(H,23,27). The van der Waals surface area contributed by atoms with E-state index in [0.717, 1.165) is 17.0 Å². The Kier molecular flexibility index (Phi) is 5.99. The average molecular weight is 423 g/mol. The van der Waals surface area contributed by atoms with E-state index < -0.39 is 0 Å². The van der Waals surface area contributed by atoms with Gasteiger partial charge in [0.25, 0.3) is 0 Å². The number of nitrogens with one attached hydrogen (secondary N) is 1. The van der Waals surface area contributed by atoms with Crippen LogP contribution in [0.25, 0.3) is 11.4 Å². The largest absolute Gasteiger partial charge is 0.486 e. The molecule has 1 aromatic carbocycles. The second-order valence-corrected chi connectivity index (χ2v) is 7.72. The van der Waals surface area contributed by atoms with Crippen LogP contribution in [0, 0.1) is 0 Å². The number of hydrogen-bond donors (Lipinski definition) is 1. The molecule has 0 saturated carbocycles. The van der Waals surface area contributed by atoms with Crippen LogP contribution in [-0.2, 0) is 11.3 Å². The highest BCUT2D eigenvalue weighted by Crippen LogP contribution is 2.32. The molecule has 0 saturated heterocycles. The Bertz CT molecular complexity index is 1070. The number of ether oxygens (including phenoxy) is 2. The summed E-state index contributed by atoms with van der Waals surface area (Å²) in [4.78, 5) is 16.5. The van der Waals surface area contributed by atoms with Gasteiger partial charge in [-0.2, -0.15) is 0 Å². The van der Waals surface area contributed by atoms with Gasteiger partial charge >= 0.3 is 0 Å². The normalized spacial score (nSPS) is 12.4. The third-order valence-electron chi connectivity index (χ3n) is 4.24. The number of thioether (sulfide) groups is 1. The van der Waals surface area contributed by atoms with Crippen molar-refractivity contribution in [1.29, 1.82) is 0 Å². The number of benzene rings is 1. The van der Waals surface area contributed by atoms with E-state index in [0.29, 0.717) is 42.1 Å². The molecule has 1 aliphatic heterocycles. The maximum absolute atomic E-state index is 12.5. The minimum absolute atomic E-state index is 0.146. The molecule has 0 bridgehead atoms. The van der Waals surface area contributed by atoms with Crippen molar-refractivity contribution in [3.05, 3.63) is 54.9 Å². The smallest absolute Gasteiger partial charge is 0.234 e. The van der Waals surface area contributed by atoms with Gasteiger partial charge in [-0.15, -0.1) is 10.2 Å². The summed E-state index contributed by atoms with van der Waals surface area (Å²) in [5, 5.41) is 12.1. The number of allylic oxidation sites excluding steroid dienone is 1. The van der Waals surface area contributed by atoms with Gasteiger partial charge in [-0.25, -0.2) is 0 Å². The number of amides is 1. The second-order valence-electron chi connectivity index (χ2n) is 6.78. The van der Waals surface area contributed by atoms with Gasteiger partial charge in [0.15, 0.2) is 22.5 Å². The molecule has 3 aromatic rings. The van der Waals surface area contributed by atoms with Crippen molar-refractivity contribution in [1.82, 2.24) is 19.7 Å². The van der Waals surface area contributed by atoms with Gasteiger partial charge in [0.1, 0.15) is 13.2 Å². The summed E-state index contributed by atoms with van der Waals surface area (Å²) in [5.41, 5.74) is 2.53. The van der Waals surface area contributed by atoms with Gasteiger partial charge in [0, 0.05) is 36.3 Å². The SMILES string of the molecule is C=C(C)Cn1c(SCC(=O)Nc2ccc3c(c2)OCCO3)nnc1-c1ccncc1. The van der Waals surface area contributed by atoms with Crippen LogP contribution >= 0.6 is 11.8 Å². The van der Waals surface area contributed by atoms with E-state index in [1.54, 1.807) is 30.6 Å². The van der Waals surface area contributed by atoms with Gasteiger partial charge in [-0.1, -0.05) is 23.9 Å². The minimum atomic E-state index is -0.146. The second kappa shape index (κ2) is 9.00. The number of hydrogen-bond acceptors (Lipinski definition) is 7. The lowest BCUT2D eigenvalue weighted by Gasteiger charge is -2.19. The molecule has 8 nitrogen and oxygen atoms in total. The lowest BCUT2D eigenvalue weighted by atomic mass is 10.2. The molecule has 0 fully saturated rings. The van der Waals surface area contributed by atoms with E-state index in [1.807, 2.05) is 23.6 Å². The summed E-state index contributed by atoms with van der Waals surface area (Å²) >= 11 is 1.33. The summed E-state index contributed by atoms with van der Waals surface area (Å²) < 4.78 is 13.0. The summed E-state index contributed by atoms with van der Waals surface area (Å²) in [6, 6.07) is 9.11. The number of carbonyl (C=O) groups is 1. The number of pyridine rings is 1. The monoisotopic (exact) mass is 423 g/mol. The fraction of sp³-hybridized carbons (Fsp3) is 0.238. The highest BCUT2D eigenvalue weighted by atomic mass is 32.2. The van der Waals surface area contributed by atoms with E-state index in [9.17, 15) is 4.79 Å². The molecule has 9 heteroatoms. The number of nitrogens with zero attached hydrogens (tertiary/aromatic N) is 4. The van der Waals surface area contributed by atoms with Gasteiger partial charge in [-0.05, 0) is 31.2 Å². The molecule has 4 rings (SSSR count). The number of carbonyl (C=O) groups excluding carboxylic acids is 1. The maximum atomic E-state index is 12.5. The van der Waals surface area contributed by atoms with Crippen LogP contribution in [0.15, 0.2) is 60.0 Å². The number of fused-ring (bicyclic) bond motifs is 1. The maximum Gasteiger partial charge on any atom is 0.234 e. The molecular formula is C21H21N5O3S. The van der Waals surface area contributed by atoms with Crippen LogP contribution in [0.2, 0.25) is 0 Å². The van der Waals surface area contributed by atoms with Crippen molar-refractivity contribution in [2.75, 3.05) is 24.3 Å². The van der Waals surface area contributed by atoms with Gasteiger partial charge in [0.05, 0.1) is 5.75 Å². The van der Waals surface area contributed by atoms with Gasteiger partial charge < -0.3 is 14.8 Å². The van der Waals surface area contributed by atoms with Crippen molar-refractivity contribution >= 4 is 23.4 Å². The fourth-order valence-corrected chi connectivity index (χ4v) is 3.71. The summed E-state index contributed by atoms with van der Waals surface area (Å²) in [5.74, 6) is 2.08. The van der Waals surface area contributed by atoms with Gasteiger partial charge in [-0.3, -0.25) is 14.3 Å². The topological polar surface area (TPSA) is 91.2 Å². The van der Waals surface area contributed by atoms with Crippen molar-refractivity contribution < 1.29 is 14.3 Å². The molecule has 3 heterocycles. The zero-order chi connectivity index (χ0) is 20.9. The molecule has 0 unspecified atom stereocenters. The lowest BCUT2D eigenvalue weighted by Crippen LogP contribution is -2.17. The summed E-state index contributed by atoms with van der Waals surface area (Å²) in [6.07, 6.45) is 3.42. The van der Waals surface area contributed by atoms with Crippen molar-refractivity contribution in [2.45, 2.75) is 18.6 Å². The molecule has 0 atom stereocenters. The Morgan fingerprint density at radius 3 is 2.70 bits per heavy atom. The first-order valence-corrected chi connectivity index (χ1v) is 10.4. The lowest BCUT2D eigenvalue weighted by molar-refractivity contribution is -0.113. The number of aromatic nitrogens is 4. The highest BCUT2D eigenvalue weighted by Gasteiger charge is 2.17. The van der Waals surface area contributed by atoms with Crippen molar-refractivity contribution in [3.63, 3.8) is 0 Å². The Morgan fingerprint density at radius 2 is 1.93 bits per heavy atom. The Balaban J connectivity index is 1.45. The first-order valence-electron chi connectivity index (χ1n) is 9.40. The zero-order valence-corrected chi connectivity index (χ0v) is 17.3. The van der Waals surface area contributed by atoms with Crippen LogP contribution in [0.4, 0.5) is 5.69 Å².